The van der Waals surface area contributed by atoms with Crippen LogP contribution >= 0.6 is 0 Å². The Bertz CT molecular complexity index is 738. The van der Waals surface area contributed by atoms with E-state index in [0.717, 1.165) is 16.9 Å². The van der Waals surface area contributed by atoms with Gasteiger partial charge in [0.25, 0.3) is 0 Å². The lowest BCUT2D eigenvalue weighted by molar-refractivity contribution is 0.415. The number of nitrogens with one attached hydrogen (secondary N) is 1. The van der Waals surface area contributed by atoms with Crippen LogP contribution in [0, 0.1) is 6.07 Å². The van der Waals surface area contributed by atoms with E-state index in [-0.39, 0.29) is 0 Å². The van der Waals surface area contributed by atoms with Crippen LogP contribution in [0.4, 0.5) is 0 Å². The Kier molecular flexibility index (Phi) is 2.41. The maximum Gasteiger partial charge on any atom is 0.417 e. The lowest BCUT2D eigenvalue weighted by Gasteiger charge is -2.04. The van der Waals surface area contributed by atoms with E-state index in [0.29, 0.717) is 11.1 Å². The molecule has 1 aromatic heterocycles. The molecule has 0 spiro atoms. The molecule has 0 amide bonds. The topological polar surface area (TPSA) is 55.2 Å². The minimum atomic E-state index is -0.459. The second-order valence-corrected chi connectivity index (χ2v) is 3.85. The van der Waals surface area contributed by atoms with Crippen LogP contribution in [0.3, 0.4) is 0 Å². The first-order chi connectivity index (χ1) is 8.78. The molecule has 4 nitrogen and oxygen atoms in total. The molecule has 0 aliphatic carbocycles. The SMILES string of the molecule is COc1ccc(-c2c[c]cc3oc(=O)[nH]c23)cc1. The Morgan fingerprint density at radius 2 is 2.00 bits per heavy atom. The first-order valence-electron chi connectivity index (χ1n) is 5.45. The molecule has 0 saturated heterocycles. The molecule has 0 aliphatic heterocycles. The second kappa shape index (κ2) is 4.07. The molecule has 4 heteroatoms. The van der Waals surface area contributed by atoms with Gasteiger partial charge in [0, 0.05) is 5.56 Å². The van der Waals surface area contributed by atoms with Gasteiger partial charge in [-0.15, -0.1) is 0 Å². The Hall–Kier alpha value is -2.49. The highest BCUT2D eigenvalue weighted by Crippen LogP contribution is 2.27. The summed E-state index contributed by atoms with van der Waals surface area (Å²) in [4.78, 5) is 13.9. The van der Waals surface area contributed by atoms with Crippen LogP contribution < -0.4 is 10.5 Å². The van der Waals surface area contributed by atoms with Crippen LogP contribution in [0.15, 0.2) is 45.6 Å². The molecule has 18 heavy (non-hydrogen) atoms. The molecule has 1 radical (unpaired) electrons. The molecule has 0 atom stereocenters. The van der Waals surface area contributed by atoms with Crippen LogP contribution in [0.5, 0.6) is 5.75 Å². The summed E-state index contributed by atoms with van der Waals surface area (Å²) >= 11 is 0. The zero-order valence-electron chi connectivity index (χ0n) is 9.69. The molecule has 0 saturated carbocycles. The van der Waals surface area contributed by atoms with E-state index >= 15 is 0 Å². The summed E-state index contributed by atoms with van der Waals surface area (Å²) in [6.45, 7) is 0. The predicted octanol–water partition coefficient (Wildman–Crippen LogP) is 2.60. The third-order valence-electron chi connectivity index (χ3n) is 2.79. The molecule has 89 valence electrons. The summed E-state index contributed by atoms with van der Waals surface area (Å²) in [7, 11) is 1.62. The number of methoxy groups -OCH3 is 1. The van der Waals surface area contributed by atoms with E-state index in [4.69, 9.17) is 9.15 Å². The minimum Gasteiger partial charge on any atom is -0.497 e. The predicted molar refractivity (Wildman–Crippen MR) is 67.7 cm³/mol. The van der Waals surface area contributed by atoms with E-state index in [2.05, 4.69) is 11.1 Å². The first-order valence-corrected chi connectivity index (χ1v) is 5.45. The van der Waals surface area contributed by atoms with Crippen molar-refractivity contribution in [2.24, 2.45) is 0 Å². The molecular weight excluding hydrogens is 230 g/mol. The fraction of sp³-hybridized carbons (Fsp3) is 0.0714. The molecule has 0 bridgehead atoms. The Labute approximate surface area is 103 Å². The number of H-pyrrole nitrogens is 1. The van der Waals surface area contributed by atoms with Crippen molar-refractivity contribution in [3.8, 4) is 16.9 Å². The van der Waals surface area contributed by atoms with Gasteiger partial charge < -0.3 is 9.15 Å². The fourth-order valence-corrected chi connectivity index (χ4v) is 1.91. The number of ether oxygens (including phenoxy) is 1. The van der Waals surface area contributed by atoms with Gasteiger partial charge in [-0.3, -0.25) is 4.98 Å². The van der Waals surface area contributed by atoms with Crippen molar-refractivity contribution in [3.05, 3.63) is 53.0 Å². The molecule has 3 rings (SSSR count). The lowest BCUT2D eigenvalue weighted by Crippen LogP contribution is -1.93. The number of benzene rings is 2. The van der Waals surface area contributed by atoms with Crippen LogP contribution in [-0.4, -0.2) is 12.1 Å². The number of fused-ring (bicyclic) bond motifs is 1. The standard InChI is InChI=1S/C14H10NO3/c1-17-10-7-5-9(6-8-10)11-3-2-4-12-13(11)15-14(16)18-12/h3-8H,1H3,(H,15,16). The fourth-order valence-electron chi connectivity index (χ4n) is 1.91. The summed E-state index contributed by atoms with van der Waals surface area (Å²) in [6, 6.07) is 14.0. The Morgan fingerprint density at radius 3 is 2.72 bits per heavy atom. The van der Waals surface area contributed by atoms with Crippen LogP contribution in [-0.2, 0) is 0 Å². The van der Waals surface area contributed by atoms with Crippen molar-refractivity contribution in [1.29, 1.82) is 0 Å². The van der Waals surface area contributed by atoms with Gasteiger partial charge in [0.2, 0.25) is 0 Å². The van der Waals surface area contributed by atoms with Gasteiger partial charge in [0.1, 0.15) is 5.75 Å². The van der Waals surface area contributed by atoms with Crippen molar-refractivity contribution in [2.45, 2.75) is 0 Å². The maximum absolute atomic E-state index is 11.2. The number of rotatable bonds is 2. The van der Waals surface area contributed by atoms with Crippen molar-refractivity contribution < 1.29 is 9.15 Å². The van der Waals surface area contributed by atoms with Crippen LogP contribution in [0.2, 0.25) is 0 Å². The van der Waals surface area contributed by atoms with Crippen LogP contribution in [0.1, 0.15) is 0 Å². The molecule has 0 aliphatic rings. The van der Waals surface area contributed by atoms with Gasteiger partial charge in [-0.25, -0.2) is 4.79 Å². The Balaban J connectivity index is 2.20. The number of hydrogen-bond acceptors (Lipinski definition) is 3. The molecular formula is C14H10NO3. The van der Waals surface area contributed by atoms with Gasteiger partial charge >= 0.3 is 5.76 Å². The van der Waals surface area contributed by atoms with Crippen LogP contribution in [0.25, 0.3) is 22.2 Å². The van der Waals surface area contributed by atoms with Gasteiger partial charge in [-0.1, -0.05) is 12.1 Å². The summed E-state index contributed by atoms with van der Waals surface area (Å²) < 4.78 is 10.1. The first kappa shape index (κ1) is 10.7. The van der Waals surface area contributed by atoms with Crippen molar-refractivity contribution in [2.75, 3.05) is 7.11 Å². The highest BCUT2D eigenvalue weighted by molar-refractivity contribution is 5.90. The molecule has 1 heterocycles. The summed E-state index contributed by atoms with van der Waals surface area (Å²) in [6.07, 6.45) is 0. The smallest absolute Gasteiger partial charge is 0.417 e. The number of hydrogen-bond donors (Lipinski definition) is 1. The number of oxazole rings is 1. The average Bonchev–Trinajstić information content (AvgIpc) is 2.79. The Morgan fingerprint density at radius 1 is 1.22 bits per heavy atom. The van der Waals surface area contributed by atoms with Crippen molar-refractivity contribution in [1.82, 2.24) is 4.98 Å². The molecule has 3 aromatic rings. The summed E-state index contributed by atoms with van der Waals surface area (Å²) in [5, 5.41) is 0. The largest absolute Gasteiger partial charge is 0.497 e. The highest BCUT2D eigenvalue weighted by Gasteiger charge is 2.08. The van der Waals surface area contributed by atoms with Gasteiger partial charge in [0.05, 0.1) is 12.6 Å². The third kappa shape index (κ3) is 1.68. The van der Waals surface area contributed by atoms with E-state index in [1.54, 1.807) is 13.2 Å². The lowest BCUT2D eigenvalue weighted by atomic mass is 10.0. The minimum absolute atomic E-state index is 0.459. The summed E-state index contributed by atoms with van der Waals surface area (Å²) in [5.74, 6) is 0.329. The maximum atomic E-state index is 11.2. The second-order valence-electron chi connectivity index (χ2n) is 3.85. The zero-order chi connectivity index (χ0) is 12.5. The number of aromatic nitrogens is 1. The monoisotopic (exact) mass is 240 g/mol. The normalized spacial score (nSPS) is 10.7. The van der Waals surface area contributed by atoms with Gasteiger partial charge in [-0.2, -0.15) is 0 Å². The molecule has 0 unspecified atom stereocenters. The van der Waals surface area contributed by atoms with Gasteiger partial charge in [-0.05, 0) is 35.9 Å². The third-order valence-corrected chi connectivity index (χ3v) is 2.79. The quantitative estimate of drug-likeness (QED) is 0.749. The molecule has 1 N–H and O–H groups in total. The van der Waals surface area contributed by atoms with E-state index in [1.165, 1.54) is 0 Å². The average molecular weight is 240 g/mol. The van der Waals surface area contributed by atoms with E-state index < -0.39 is 5.76 Å². The highest BCUT2D eigenvalue weighted by atomic mass is 16.5. The van der Waals surface area contributed by atoms with E-state index in [1.807, 2.05) is 30.3 Å². The zero-order valence-corrected chi connectivity index (χ0v) is 9.69. The molecule has 2 aromatic carbocycles. The van der Waals surface area contributed by atoms with Crippen molar-refractivity contribution >= 4 is 11.1 Å². The van der Waals surface area contributed by atoms with Gasteiger partial charge in [0.15, 0.2) is 5.58 Å². The van der Waals surface area contributed by atoms with E-state index in [9.17, 15) is 4.79 Å². The van der Waals surface area contributed by atoms with Crippen molar-refractivity contribution in [3.63, 3.8) is 0 Å². The molecule has 0 fully saturated rings. The number of aromatic amines is 1. The summed E-state index contributed by atoms with van der Waals surface area (Å²) in [5.41, 5.74) is 3.04.